The topological polar surface area (TPSA) is 70.8 Å². The van der Waals surface area contributed by atoms with Crippen LogP contribution in [0.5, 0.6) is 11.5 Å². The van der Waals surface area contributed by atoms with E-state index in [1.807, 2.05) is 123 Å². The molecule has 6 rings (SSSR count). The predicted octanol–water partition coefficient (Wildman–Crippen LogP) is 9.71. The zero-order valence-electron chi connectivity index (χ0n) is 24.6. The SMILES string of the molecule is C[C@@H](N=Cc1c([O-])ccc2ccccc12)c1ccc(Br)cc1.C[C@@H](N=Cc1c([O-])ccc2ccccc12)c1ccc(Br)cc1.[Cu+2]. The molecule has 0 saturated heterocycles. The van der Waals surface area contributed by atoms with Gasteiger partial charge in [-0.2, -0.15) is 0 Å². The first-order chi connectivity index (χ1) is 21.3. The summed E-state index contributed by atoms with van der Waals surface area (Å²) in [4.78, 5) is 9.13. The van der Waals surface area contributed by atoms with Crippen molar-refractivity contribution in [3.63, 3.8) is 0 Å². The third-order valence-corrected chi connectivity index (χ3v) is 8.48. The predicted molar refractivity (Wildman–Crippen MR) is 187 cm³/mol. The Morgan fingerprint density at radius 1 is 0.511 bits per heavy atom. The fraction of sp³-hybridized carbons (Fsp3) is 0.105. The molecule has 0 saturated carbocycles. The first-order valence-corrected chi connectivity index (χ1v) is 15.8. The maximum atomic E-state index is 12.1. The molecule has 0 aliphatic rings. The maximum Gasteiger partial charge on any atom is 2.00 e. The third-order valence-electron chi connectivity index (χ3n) is 7.42. The molecule has 7 heteroatoms. The zero-order valence-corrected chi connectivity index (χ0v) is 28.7. The Hall–Kier alpha value is -3.74. The molecule has 0 aliphatic heterocycles. The summed E-state index contributed by atoms with van der Waals surface area (Å²) in [5.74, 6) is 0.0101. The third kappa shape index (κ3) is 8.71. The number of benzene rings is 6. The van der Waals surface area contributed by atoms with Crippen molar-refractivity contribution in [2.45, 2.75) is 25.9 Å². The molecule has 0 spiro atoms. The molecule has 6 aromatic rings. The standard InChI is InChI=1S/2C19H16BrNO.Cu/c2*1-13(14-6-9-16(20)10-7-14)21-12-18-17-5-3-2-4-15(17)8-11-19(18)22;/h2*2-13,22H,1H3;/q;;+2/p-2/t2*13-;/m11./s1. The summed E-state index contributed by atoms with van der Waals surface area (Å²) < 4.78 is 2.09. The average Bonchev–Trinajstić information content (AvgIpc) is 3.04. The Balaban J connectivity index is 0.000000200. The number of hydrogen-bond donors (Lipinski definition) is 0. The molecule has 6 aromatic carbocycles. The normalized spacial score (nSPS) is 12.5. The molecule has 1 radical (unpaired) electrons. The molecule has 45 heavy (non-hydrogen) atoms. The van der Waals surface area contributed by atoms with Crippen molar-refractivity contribution in [3.8, 4) is 11.5 Å². The summed E-state index contributed by atoms with van der Waals surface area (Å²) >= 11 is 6.85. The first-order valence-electron chi connectivity index (χ1n) is 14.2. The van der Waals surface area contributed by atoms with Gasteiger partial charge in [-0.3, -0.25) is 9.98 Å². The molecule has 0 bridgehead atoms. The summed E-state index contributed by atoms with van der Waals surface area (Å²) in [7, 11) is 0. The number of fused-ring (bicyclic) bond motifs is 2. The Kier molecular flexibility index (Phi) is 12.1. The molecule has 0 aromatic heterocycles. The number of nitrogens with zero attached hydrogens (tertiary/aromatic N) is 2. The molecule has 0 fully saturated rings. The molecule has 229 valence electrons. The summed E-state index contributed by atoms with van der Waals surface area (Å²) in [5, 5.41) is 28.3. The fourth-order valence-electron chi connectivity index (χ4n) is 4.84. The van der Waals surface area contributed by atoms with Crippen LogP contribution in [-0.4, -0.2) is 12.4 Å². The van der Waals surface area contributed by atoms with Crippen molar-refractivity contribution in [2.75, 3.05) is 0 Å². The number of rotatable bonds is 6. The van der Waals surface area contributed by atoms with E-state index in [0.29, 0.717) is 11.1 Å². The molecule has 4 nitrogen and oxygen atoms in total. The van der Waals surface area contributed by atoms with Gasteiger partial charge in [0, 0.05) is 21.4 Å². The smallest absolute Gasteiger partial charge is 0.872 e. The van der Waals surface area contributed by atoms with Crippen molar-refractivity contribution in [1.82, 2.24) is 0 Å². The summed E-state index contributed by atoms with van der Waals surface area (Å²) in [6, 6.07) is 38.8. The van der Waals surface area contributed by atoms with Gasteiger partial charge in [0.05, 0.1) is 12.1 Å². The van der Waals surface area contributed by atoms with Crippen LogP contribution in [0.15, 0.2) is 140 Å². The van der Waals surface area contributed by atoms with Gasteiger partial charge in [0.15, 0.2) is 0 Å². The second kappa shape index (κ2) is 16.0. The van der Waals surface area contributed by atoms with E-state index >= 15 is 0 Å². The van der Waals surface area contributed by atoms with E-state index in [1.165, 1.54) is 0 Å². The molecule has 0 N–H and O–H groups in total. The summed E-state index contributed by atoms with van der Waals surface area (Å²) in [5.41, 5.74) is 3.54. The van der Waals surface area contributed by atoms with E-state index < -0.39 is 0 Å². The van der Waals surface area contributed by atoms with Crippen LogP contribution in [0.3, 0.4) is 0 Å². The van der Waals surface area contributed by atoms with Gasteiger partial charge in [0.2, 0.25) is 0 Å². The zero-order chi connectivity index (χ0) is 31.1. The molecule has 0 aliphatic carbocycles. The first kappa shape index (κ1) is 34.1. The van der Waals surface area contributed by atoms with Crippen LogP contribution in [0.1, 0.15) is 48.2 Å². The van der Waals surface area contributed by atoms with E-state index in [1.54, 1.807) is 24.6 Å². The van der Waals surface area contributed by atoms with Gasteiger partial charge in [0.1, 0.15) is 0 Å². The summed E-state index contributed by atoms with van der Waals surface area (Å²) in [6.45, 7) is 4.05. The van der Waals surface area contributed by atoms with Gasteiger partial charge in [-0.1, -0.05) is 140 Å². The van der Waals surface area contributed by atoms with Gasteiger partial charge in [-0.25, -0.2) is 0 Å². The molecular formula is C38H30Br2CuN2O2. The van der Waals surface area contributed by atoms with Crippen LogP contribution < -0.4 is 10.2 Å². The Morgan fingerprint density at radius 2 is 0.867 bits per heavy atom. The minimum Gasteiger partial charge on any atom is -0.872 e. The second-order valence-electron chi connectivity index (χ2n) is 10.4. The fourth-order valence-corrected chi connectivity index (χ4v) is 5.37. The molecular weight excluding hydrogens is 740 g/mol. The number of halogens is 2. The van der Waals surface area contributed by atoms with Gasteiger partial charge in [-0.15, -0.1) is 0 Å². The van der Waals surface area contributed by atoms with Crippen LogP contribution in [0, 0.1) is 0 Å². The minimum atomic E-state index is 0. The monoisotopic (exact) mass is 767 g/mol. The van der Waals surface area contributed by atoms with Crippen molar-refractivity contribution in [2.24, 2.45) is 9.98 Å². The van der Waals surface area contributed by atoms with E-state index in [-0.39, 0.29) is 40.7 Å². The largest absolute Gasteiger partial charge is 2.00 e. The van der Waals surface area contributed by atoms with E-state index in [9.17, 15) is 10.2 Å². The van der Waals surface area contributed by atoms with Crippen LogP contribution in [0.25, 0.3) is 21.5 Å². The average molecular weight is 770 g/mol. The molecule has 0 unspecified atom stereocenters. The number of hydrogen-bond acceptors (Lipinski definition) is 4. The second-order valence-corrected chi connectivity index (χ2v) is 12.2. The van der Waals surface area contributed by atoms with Gasteiger partial charge < -0.3 is 10.2 Å². The van der Waals surface area contributed by atoms with Crippen LogP contribution >= 0.6 is 31.9 Å². The van der Waals surface area contributed by atoms with Gasteiger partial charge >= 0.3 is 17.1 Å². The van der Waals surface area contributed by atoms with Gasteiger partial charge in [0.25, 0.3) is 0 Å². The Bertz CT molecular complexity index is 1800. The molecule has 0 heterocycles. The van der Waals surface area contributed by atoms with Crippen molar-refractivity contribution in [3.05, 3.63) is 153 Å². The summed E-state index contributed by atoms with van der Waals surface area (Å²) in [6.07, 6.45) is 3.41. The van der Waals surface area contributed by atoms with Crippen LogP contribution in [0.4, 0.5) is 0 Å². The number of aliphatic imine (C=N–C) groups is 2. The van der Waals surface area contributed by atoms with Crippen molar-refractivity contribution in [1.29, 1.82) is 0 Å². The van der Waals surface area contributed by atoms with Crippen LogP contribution in [0.2, 0.25) is 0 Å². The van der Waals surface area contributed by atoms with Crippen molar-refractivity contribution < 1.29 is 27.3 Å². The van der Waals surface area contributed by atoms with Gasteiger partial charge in [-0.05, 0) is 81.9 Å². The molecule has 2 atom stereocenters. The van der Waals surface area contributed by atoms with E-state index in [4.69, 9.17) is 0 Å². The molecule has 0 amide bonds. The van der Waals surface area contributed by atoms with Crippen molar-refractivity contribution >= 4 is 65.8 Å². The van der Waals surface area contributed by atoms with E-state index in [0.717, 1.165) is 41.6 Å². The Labute approximate surface area is 291 Å². The Morgan fingerprint density at radius 3 is 1.24 bits per heavy atom. The van der Waals surface area contributed by atoms with Crippen LogP contribution in [-0.2, 0) is 17.1 Å². The maximum absolute atomic E-state index is 12.1. The van der Waals surface area contributed by atoms with E-state index in [2.05, 4.69) is 41.8 Å². The quantitative estimate of drug-likeness (QED) is 0.125. The minimum absolute atomic E-state index is 0.